The molecule has 0 atom stereocenters. The monoisotopic (exact) mass is 217 g/mol. The number of rotatable bonds is 2. The molecular weight excluding hydrogens is 202 g/mol. The Morgan fingerprint density at radius 3 is 2.81 bits per heavy atom. The molecule has 0 radical (unpaired) electrons. The second-order valence-corrected chi connectivity index (χ2v) is 3.35. The lowest BCUT2D eigenvalue weighted by Crippen LogP contribution is -2.22. The fraction of sp³-hybridized carbons (Fsp3) is 0.308. The number of amides is 1. The van der Waals surface area contributed by atoms with Crippen LogP contribution in [0.2, 0.25) is 0 Å². The van der Waals surface area contributed by atoms with Crippen LogP contribution < -0.4 is 5.32 Å². The summed E-state index contributed by atoms with van der Waals surface area (Å²) in [5.74, 6) is 5.34. The third-order valence-corrected chi connectivity index (χ3v) is 2.13. The van der Waals surface area contributed by atoms with Crippen molar-refractivity contribution < 1.29 is 9.90 Å². The molecule has 0 heterocycles. The molecule has 3 heteroatoms. The van der Waals surface area contributed by atoms with Crippen molar-refractivity contribution in [3.63, 3.8) is 0 Å². The number of carbonyl (C=O) groups is 1. The predicted octanol–water partition coefficient (Wildman–Crippen LogP) is 1.09. The van der Waals surface area contributed by atoms with Crippen LogP contribution in [0.3, 0.4) is 0 Å². The van der Waals surface area contributed by atoms with Crippen LogP contribution in [0.15, 0.2) is 18.2 Å². The van der Waals surface area contributed by atoms with Crippen molar-refractivity contribution in [1.29, 1.82) is 0 Å². The highest BCUT2D eigenvalue weighted by molar-refractivity contribution is 5.94. The molecule has 0 aromatic heterocycles. The maximum Gasteiger partial charge on any atom is 0.251 e. The third-order valence-electron chi connectivity index (χ3n) is 2.13. The Bertz CT molecular complexity index is 441. The summed E-state index contributed by atoms with van der Waals surface area (Å²) < 4.78 is 0. The first-order chi connectivity index (χ1) is 7.69. The lowest BCUT2D eigenvalue weighted by molar-refractivity contribution is 0.0955. The molecule has 0 aliphatic carbocycles. The number of hydrogen-bond donors (Lipinski definition) is 2. The topological polar surface area (TPSA) is 49.3 Å². The largest absolute Gasteiger partial charge is 0.384 e. The SMILES string of the molecule is CCNC(=O)c1ccc(C#CCO)c(C)c1. The smallest absolute Gasteiger partial charge is 0.251 e. The van der Waals surface area contributed by atoms with Crippen LogP contribution in [0.5, 0.6) is 0 Å². The third kappa shape index (κ3) is 3.11. The molecule has 0 fully saturated rings. The van der Waals surface area contributed by atoms with E-state index in [1.807, 2.05) is 13.8 Å². The van der Waals surface area contributed by atoms with Crippen LogP contribution in [0.4, 0.5) is 0 Å². The van der Waals surface area contributed by atoms with Gasteiger partial charge in [-0.1, -0.05) is 11.8 Å². The first-order valence-electron chi connectivity index (χ1n) is 5.17. The highest BCUT2D eigenvalue weighted by Gasteiger charge is 2.05. The zero-order valence-corrected chi connectivity index (χ0v) is 9.50. The van der Waals surface area contributed by atoms with Gasteiger partial charge in [0, 0.05) is 17.7 Å². The molecule has 0 bridgehead atoms. The van der Waals surface area contributed by atoms with Gasteiger partial charge in [-0.15, -0.1) is 0 Å². The van der Waals surface area contributed by atoms with Gasteiger partial charge in [0.15, 0.2) is 0 Å². The van der Waals surface area contributed by atoms with E-state index in [1.54, 1.807) is 18.2 Å². The number of aryl methyl sites for hydroxylation is 1. The molecule has 3 nitrogen and oxygen atoms in total. The van der Waals surface area contributed by atoms with Crippen molar-refractivity contribution in [3.8, 4) is 11.8 Å². The molecule has 1 amide bonds. The van der Waals surface area contributed by atoms with Crippen molar-refractivity contribution >= 4 is 5.91 Å². The van der Waals surface area contributed by atoms with E-state index in [2.05, 4.69) is 17.2 Å². The Balaban J connectivity index is 2.95. The number of hydrogen-bond acceptors (Lipinski definition) is 2. The molecule has 0 saturated heterocycles. The number of benzene rings is 1. The molecule has 1 aromatic carbocycles. The summed E-state index contributed by atoms with van der Waals surface area (Å²) in [6, 6.07) is 5.33. The van der Waals surface area contributed by atoms with Gasteiger partial charge >= 0.3 is 0 Å². The summed E-state index contributed by atoms with van der Waals surface area (Å²) >= 11 is 0. The summed E-state index contributed by atoms with van der Waals surface area (Å²) in [6.45, 7) is 4.23. The Kier molecular flexibility index (Phi) is 4.56. The Morgan fingerprint density at radius 1 is 1.50 bits per heavy atom. The predicted molar refractivity (Wildman–Crippen MR) is 63.2 cm³/mol. The number of carbonyl (C=O) groups excluding carboxylic acids is 1. The molecule has 0 spiro atoms. The van der Waals surface area contributed by atoms with E-state index >= 15 is 0 Å². The van der Waals surface area contributed by atoms with Crippen LogP contribution in [0.1, 0.15) is 28.4 Å². The van der Waals surface area contributed by atoms with E-state index in [1.165, 1.54) is 0 Å². The van der Waals surface area contributed by atoms with Gasteiger partial charge in [-0.2, -0.15) is 0 Å². The van der Waals surface area contributed by atoms with Crippen LogP contribution >= 0.6 is 0 Å². The van der Waals surface area contributed by atoms with Gasteiger partial charge in [0.2, 0.25) is 0 Å². The highest BCUT2D eigenvalue weighted by atomic mass is 16.2. The van der Waals surface area contributed by atoms with Gasteiger partial charge in [-0.05, 0) is 37.6 Å². The van der Waals surface area contributed by atoms with Crippen molar-refractivity contribution in [2.45, 2.75) is 13.8 Å². The minimum absolute atomic E-state index is 0.0766. The molecule has 0 saturated carbocycles. The van der Waals surface area contributed by atoms with Crippen molar-refractivity contribution in [2.75, 3.05) is 13.2 Å². The number of aliphatic hydroxyl groups excluding tert-OH is 1. The van der Waals surface area contributed by atoms with Crippen LogP contribution in [-0.2, 0) is 0 Å². The lowest BCUT2D eigenvalue weighted by Gasteiger charge is -2.04. The zero-order chi connectivity index (χ0) is 12.0. The average molecular weight is 217 g/mol. The zero-order valence-electron chi connectivity index (χ0n) is 9.50. The molecule has 0 unspecified atom stereocenters. The molecular formula is C13H15NO2. The quantitative estimate of drug-likeness (QED) is 0.728. The fourth-order valence-corrected chi connectivity index (χ4v) is 1.34. The fourth-order valence-electron chi connectivity index (χ4n) is 1.34. The summed E-state index contributed by atoms with van der Waals surface area (Å²) in [6.07, 6.45) is 0. The van der Waals surface area contributed by atoms with Crippen LogP contribution in [0.25, 0.3) is 0 Å². The average Bonchev–Trinajstić information content (AvgIpc) is 2.27. The van der Waals surface area contributed by atoms with E-state index in [0.717, 1.165) is 11.1 Å². The number of aliphatic hydroxyl groups is 1. The molecule has 16 heavy (non-hydrogen) atoms. The summed E-state index contributed by atoms with van der Waals surface area (Å²) in [4.78, 5) is 11.5. The summed E-state index contributed by atoms with van der Waals surface area (Å²) in [5.41, 5.74) is 2.40. The van der Waals surface area contributed by atoms with E-state index in [9.17, 15) is 4.79 Å². The first-order valence-corrected chi connectivity index (χ1v) is 5.17. The normalized spacial score (nSPS) is 9.19. The van der Waals surface area contributed by atoms with Crippen molar-refractivity contribution in [1.82, 2.24) is 5.32 Å². The number of nitrogens with one attached hydrogen (secondary N) is 1. The maximum absolute atomic E-state index is 11.5. The second-order valence-electron chi connectivity index (χ2n) is 3.35. The van der Waals surface area contributed by atoms with E-state index < -0.39 is 0 Å². The second kappa shape index (κ2) is 5.94. The minimum atomic E-state index is -0.155. The van der Waals surface area contributed by atoms with Gasteiger partial charge in [0.1, 0.15) is 6.61 Å². The van der Waals surface area contributed by atoms with E-state index in [0.29, 0.717) is 12.1 Å². The lowest BCUT2D eigenvalue weighted by atomic mass is 10.0. The van der Waals surface area contributed by atoms with Gasteiger partial charge in [-0.3, -0.25) is 4.79 Å². The molecule has 2 N–H and O–H groups in total. The van der Waals surface area contributed by atoms with Gasteiger partial charge in [0.25, 0.3) is 5.91 Å². The van der Waals surface area contributed by atoms with Crippen LogP contribution in [0, 0.1) is 18.8 Å². The Morgan fingerprint density at radius 2 is 2.25 bits per heavy atom. The molecule has 84 valence electrons. The first kappa shape index (κ1) is 12.3. The molecule has 1 aromatic rings. The summed E-state index contributed by atoms with van der Waals surface area (Å²) in [5, 5.41) is 11.3. The Labute approximate surface area is 95.5 Å². The van der Waals surface area contributed by atoms with Gasteiger partial charge in [0.05, 0.1) is 0 Å². The van der Waals surface area contributed by atoms with Gasteiger partial charge in [-0.25, -0.2) is 0 Å². The van der Waals surface area contributed by atoms with Crippen LogP contribution in [-0.4, -0.2) is 24.2 Å². The maximum atomic E-state index is 11.5. The van der Waals surface area contributed by atoms with E-state index in [-0.39, 0.29) is 12.5 Å². The highest BCUT2D eigenvalue weighted by Crippen LogP contribution is 2.10. The van der Waals surface area contributed by atoms with E-state index in [4.69, 9.17) is 5.11 Å². The minimum Gasteiger partial charge on any atom is -0.384 e. The van der Waals surface area contributed by atoms with Crippen molar-refractivity contribution in [3.05, 3.63) is 34.9 Å². The van der Waals surface area contributed by atoms with Gasteiger partial charge < -0.3 is 10.4 Å². The summed E-state index contributed by atoms with van der Waals surface area (Å²) in [7, 11) is 0. The van der Waals surface area contributed by atoms with Crippen molar-refractivity contribution in [2.24, 2.45) is 0 Å². The standard InChI is InChI=1S/C13H15NO2/c1-3-14-13(16)12-7-6-11(5-4-8-15)10(2)9-12/h6-7,9,15H,3,8H2,1-2H3,(H,14,16). The molecule has 1 rings (SSSR count). The Hall–Kier alpha value is -1.79. The molecule has 0 aliphatic heterocycles. The molecule has 0 aliphatic rings.